The predicted molar refractivity (Wildman–Crippen MR) is 142 cm³/mol. The molecule has 0 amide bonds. The third-order valence-corrected chi connectivity index (χ3v) is 7.16. The number of ether oxygens (including phenoxy) is 2. The van der Waals surface area contributed by atoms with Crippen LogP contribution in [0.15, 0.2) is 35.3 Å². The molecule has 1 fully saturated rings. The summed E-state index contributed by atoms with van der Waals surface area (Å²) in [5.74, 6) is 0.110. The van der Waals surface area contributed by atoms with Crippen molar-refractivity contribution in [2.24, 2.45) is 0 Å². The maximum absolute atomic E-state index is 13.1. The molecule has 2 aliphatic rings. The zero-order valence-corrected chi connectivity index (χ0v) is 21.8. The number of carboxylic acids is 1. The number of rotatable bonds is 5. The third kappa shape index (κ3) is 4.43. The van der Waals surface area contributed by atoms with Gasteiger partial charge in [0.05, 0.1) is 15.8 Å². The Balaban J connectivity index is 1.51. The second-order valence-corrected chi connectivity index (χ2v) is 10.7. The summed E-state index contributed by atoms with van der Waals surface area (Å²) in [6, 6.07) is 7.13. The quantitative estimate of drug-likeness (QED) is 0.394. The van der Waals surface area contributed by atoms with Crippen LogP contribution in [0.5, 0.6) is 11.5 Å². The Morgan fingerprint density at radius 2 is 1.79 bits per heavy atom. The van der Waals surface area contributed by atoms with E-state index in [9.17, 15) is 24.8 Å². The molecule has 11 heteroatoms. The van der Waals surface area contributed by atoms with Gasteiger partial charge < -0.3 is 24.0 Å². The fourth-order valence-corrected chi connectivity index (χ4v) is 5.31. The number of aromatic nitrogens is 1. The molecular formula is C27H30N4O7. The molecular weight excluding hydrogens is 492 g/mol. The Kier molecular flexibility index (Phi) is 6.26. The first-order valence-corrected chi connectivity index (χ1v) is 12.4. The predicted octanol–water partition coefficient (Wildman–Crippen LogP) is 3.72. The number of nitro groups is 1. The van der Waals surface area contributed by atoms with Gasteiger partial charge in [-0.25, -0.2) is 4.79 Å². The number of aromatic carboxylic acids is 1. The minimum absolute atomic E-state index is 0.0363. The molecule has 1 saturated heterocycles. The zero-order chi connectivity index (χ0) is 27.4. The number of carboxylic acid groups (broad SMARTS) is 1. The van der Waals surface area contributed by atoms with E-state index in [0.29, 0.717) is 49.5 Å². The SMILES string of the molecule is Cc1c(N2CCN(Cc3ccc4c(c3)OCO4)CC2)c([N+](=O)[O-])cc2c(=O)c(C(=O)O)cn(C(C)(C)C)c12. The van der Waals surface area contributed by atoms with Gasteiger partial charge in [-0.05, 0) is 45.4 Å². The first-order valence-electron chi connectivity index (χ1n) is 12.4. The average molecular weight is 523 g/mol. The van der Waals surface area contributed by atoms with Crippen LogP contribution in [0.4, 0.5) is 11.4 Å². The molecule has 2 aromatic carbocycles. The summed E-state index contributed by atoms with van der Waals surface area (Å²) in [6.45, 7) is 10.9. The molecule has 2 aliphatic heterocycles. The monoisotopic (exact) mass is 522 g/mol. The Labute approximate surface area is 218 Å². The largest absolute Gasteiger partial charge is 0.477 e. The van der Waals surface area contributed by atoms with Crippen LogP contribution in [-0.2, 0) is 12.1 Å². The summed E-state index contributed by atoms with van der Waals surface area (Å²) >= 11 is 0. The van der Waals surface area contributed by atoms with Crippen LogP contribution in [0.2, 0.25) is 0 Å². The standard InChI is InChI=1S/C27H30N4O7/c1-16-23-18(25(32)19(26(33)34)14-30(23)27(2,3)4)12-20(31(35)36)24(16)29-9-7-28(8-10-29)13-17-5-6-21-22(11-17)38-15-37-21/h5-6,11-12,14H,7-10,13,15H2,1-4H3,(H,33,34). The van der Waals surface area contributed by atoms with Crippen molar-refractivity contribution in [3.63, 3.8) is 0 Å². The molecule has 0 atom stereocenters. The van der Waals surface area contributed by atoms with Crippen LogP contribution in [-0.4, -0.2) is 58.4 Å². The zero-order valence-electron chi connectivity index (χ0n) is 21.8. The summed E-state index contributed by atoms with van der Waals surface area (Å²) in [4.78, 5) is 40.9. The lowest BCUT2D eigenvalue weighted by atomic mass is 9.99. The number of hydrogen-bond acceptors (Lipinski definition) is 8. The second kappa shape index (κ2) is 9.32. The highest BCUT2D eigenvalue weighted by molar-refractivity contribution is 5.97. The highest BCUT2D eigenvalue weighted by Gasteiger charge is 2.31. The molecule has 3 heterocycles. The number of nitrogens with zero attached hydrogens (tertiary/aromatic N) is 4. The van der Waals surface area contributed by atoms with Gasteiger partial charge in [0.2, 0.25) is 12.2 Å². The van der Waals surface area contributed by atoms with Gasteiger partial charge in [-0.15, -0.1) is 0 Å². The molecule has 0 aliphatic carbocycles. The highest BCUT2D eigenvalue weighted by Crippen LogP contribution is 2.39. The number of fused-ring (bicyclic) bond motifs is 2. The molecule has 3 aromatic rings. The fourth-order valence-electron chi connectivity index (χ4n) is 5.31. The molecule has 1 aromatic heterocycles. The third-order valence-electron chi connectivity index (χ3n) is 7.16. The molecule has 0 saturated carbocycles. The number of carbonyl (C=O) groups is 1. The number of aryl methyl sites for hydroxylation is 1. The van der Waals surface area contributed by atoms with Gasteiger partial charge in [-0.2, -0.15) is 0 Å². The summed E-state index contributed by atoms with van der Waals surface area (Å²) < 4.78 is 12.6. The van der Waals surface area contributed by atoms with Crippen molar-refractivity contribution < 1.29 is 24.3 Å². The number of anilines is 1. The van der Waals surface area contributed by atoms with Gasteiger partial charge >= 0.3 is 5.97 Å². The van der Waals surface area contributed by atoms with Gasteiger partial charge in [-0.3, -0.25) is 19.8 Å². The first kappa shape index (κ1) is 25.5. The first-order chi connectivity index (χ1) is 18.0. The van der Waals surface area contributed by atoms with Crippen molar-refractivity contribution in [3.05, 3.63) is 67.5 Å². The van der Waals surface area contributed by atoms with Crippen LogP contribution >= 0.6 is 0 Å². The molecule has 1 N–H and O–H groups in total. The van der Waals surface area contributed by atoms with E-state index in [1.807, 2.05) is 43.9 Å². The molecule has 11 nitrogen and oxygen atoms in total. The molecule has 0 bridgehead atoms. The van der Waals surface area contributed by atoms with Crippen LogP contribution in [0.1, 0.15) is 42.3 Å². The summed E-state index contributed by atoms with van der Waals surface area (Å²) in [7, 11) is 0. The lowest BCUT2D eigenvalue weighted by molar-refractivity contribution is -0.384. The summed E-state index contributed by atoms with van der Waals surface area (Å²) in [5.41, 5.74) is 0.755. The van der Waals surface area contributed by atoms with Gasteiger partial charge in [-0.1, -0.05) is 6.07 Å². The minimum atomic E-state index is -1.36. The van der Waals surface area contributed by atoms with E-state index >= 15 is 0 Å². The normalized spacial score (nSPS) is 15.7. The number of pyridine rings is 1. The number of piperazine rings is 1. The van der Waals surface area contributed by atoms with Crippen LogP contribution in [0, 0.1) is 17.0 Å². The Hall–Kier alpha value is -4.12. The van der Waals surface area contributed by atoms with Crippen molar-refractivity contribution in [2.45, 2.75) is 39.8 Å². The van der Waals surface area contributed by atoms with Crippen LogP contribution in [0.25, 0.3) is 10.9 Å². The maximum atomic E-state index is 13.1. The average Bonchev–Trinajstić information content (AvgIpc) is 3.32. The molecule has 200 valence electrons. The number of hydrogen-bond donors (Lipinski definition) is 1. The number of benzene rings is 2. The lowest BCUT2D eigenvalue weighted by Gasteiger charge is -2.37. The van der Waals surface area contributed by atoms with Crippen LogP contribution in [0.3, 0.4) is 0 Å². The van der Waals surface area contributed by atoms with Gasteiger partial charge in [0.15, 0.2) is 11.5 Å². The molecule has 0 spiro atoms. The van der Waals surface area contributed by atoms with Crippen molar-refractivity contribution in [1.29, 1.82) is 0 Å². The minimum Gasteiger partial charge on any atom is -0.477 e. The second-order valence-electron chi connectivity index (χ2n) is 10.7. The molecule has 38 heavy (non-hydrogen) atoms. The maximum Gasteiger partial charge on any atom is 0.341 e. The van der Waals surface area contributed by atoms with Crippen molar-refractivity contribution in [3.8, 4) is 11.5 Å². The van der Waals surface area contributed by atoms with E-state index in [0.717, 1.165) is 17.1 Å². The van der Waals surface area contributed by atoms with E-state index in [1.54, 1.807) is 11.5 Å². The summed E-state index contributed by atoms with van der Waals surface area (Å²) in [6.07, 6.45) is 1.35. The topological polar surface area (TPSA) is 127 Å². The molecule has 0 unspecified atom stereocenters. The van der Waals surface area contributed by atoms with E-state index in [-0.39, 0.29) is 17.9 Å². The van der Waals surface area contributed by atoms with Crippen molar-refractivity contribution in [2.75, 3.05) is 37.9 Å². The number of nitro benzene ring substituents is 1. The molecule has 0 radical (unpaired) electrons. The van der Waals surface area contributed by atoms with Gasteiger partial charge in [0.25, 0.3) is 5.69 Å². The summed E-state index contributed by atoms with van der Waals surface area (Å²) in [5, 5.41) is 21.9. The van der Waals surface area contributed by atoms with E-state index in [2.05, 4.69) is 4.90 Å². The highest BCUT2D eigenvalue weighted by atomic mass is 16.7. The lowest BCUT2D eigenvalue weighted by Crippen LogP contribution is -2.46. The van der Waals surface area contributed by atoms with Gasteiger partial charge in [0.1, 0.15) is 11.3 Å². The van der Waals surface area contributed by atoms with E-state index < -0.39 is 27.4 Å². The Bertz CT molecular complexity index is 1510. The van der Waals surface area contributed by atoms with E-state index in [4.69, 9.17) is 9.47 Å². The van der Waals surface area contributed by atoms with Gasteiger partial charge in [0, 0.05) is 56.1 Å². The molecule has 5 rings (SSSR count). The Morgan fingerprint density at radius 3 is 2.42 bits per heavy atom. The van der Waals surface area contributed by atoms with Crippen LogP contribution < -0.4 is 19.8 Å². The van der Waals surface area contributed by atoms with E-state index in [1.165, 1.54) is 12.3 Å². The van der Waals surface area contributed by atoms with Crippen molar-refractivity contribution >= 4 is 28.2 Å². The fraction of sp³-hybridized carbons (Fsp3) is 0.407. The Morgan fingerprint density at radius 1 is 1.11 bits per heavy atom. The van der Waals surface area contributed by atoms with Crippen molar-refractivity contribution in [1.82, 2.24) is 9.47 Å². The smallest absolute Gasteiger partial charge is 0.341 e.